The van der Waals surface area contributed by atoms with E-state index in [1.807, 2.05) is 57.2 Å². The quantitative estimate of drug-likeness (QED) is 0.374. The Bertz CT molecular complexity index is 1120. The SMILES string of the molecule is CC(C)(C)OC(=O)N[C@H]1C[C@H](COS(C)(=O)=O)CC[C@@H]1O[Si](c1ccccc1)(c1ccccc1)C(C)(C)C. The Hall–Kier alpha value is -2.20. The van der Waals surface area contributed by atoms with Crippen LogP contribution in [0.2, 0.25) is 5.04 Å². The number of carbonyl (C=O) groups excluding carboxylic acids is 1. The molecule has 1 amide bonds. The second kappa shape index (κ2) is 11.9. The minimum Gasteiger partial charge on any atom is -0.444 e. The zero-order valence-corrected chi connectivity index (χ0v) is 25.5. The summed E-state index contributed by atoms with van der Waals surface area (Å²) in [5, 5.41) is 5.17. The molecule has 1 saturated carbocycles. The van der Waals surface area contributed by atoms with Gasteiger partial charge in [-0.3, -0.25) is 4.18 Å². The molecular weight excluding hydrogens is 518 g/mol. The highest BCUT2D eigenvalue weighted by Gasteiger charge is 2.53. The Balaban J connectivity index is 2.01. The van der Waals surface area contributed by atoms with Gasteiger partial charge in [-0.1, -0.05) is 81.4 Å². The first-order valence-electron chi connectivity index (χ1n) is 13.2. The summed E-state index contributed by atoms with van der Waals surface area (Å²) in [6.45, 7) is 12.2. The number of rotatable bonds is 8. The highest BCUT2D eigenvalue weighted by atomic mass is 32.2. The van der Waals surface area contributed by atoms with Gasteiger partial charge in [-0.2, -0.15) is 8.42 Å². The third kappa shape index (κ3) is 7.91. The highest BCUT2D eigenvalue weighted by molar-refractivity contribution is 7.85. The molecule has 0 bridgehead atoms. The molecule has 0 saturated heterocycles. The summed E-state index contributed by atoms with van der Waals surface area (Å²) >= 11 is 0. The zero-order valence-electron chi connectivity index (χ0n) is 23.7. The smallest absolute Gasteiger partial charge is 0.407 e. The van der Waals surface area contributed by atoms with Gasteiger partial charge >= 0.3 is 6.09 Å². The number of alkyl carbamates (subject to hydrolysis) is 1. The molecule has 2 aromatic rings. The number of nitrogens with one attached hydrogen (secondary N) is 1. The largest absolute Gasteiger partial charge is 0.444 e. The van der Waals surface area contributed by atoms with Gasteiger partial charge in [0.25, 0.3) is 18.4 Å². The maximum Gasteiger partial charge on any atom is 0.407 e. The fraction of sp³-hybridized carbons (Fsp3) is 0.552. The monoisotopic (exact) mass is 561 g/mol. The number of benzene rings is 2. The van der Waals surface area contributed by atoms with Crippen LogP contribution in [0.4, 0.5) is 4.79 Å². The summed E-state index contributed by atoms with van der Waals surface area (Å²) in [4.78, 5) is 12.9. The molecular formula is C29H43NO6SSi. The zero-order chi connectivity index (χ0) is 28.2. The first kappa shape index (κ1) is 30.3. The number of amides is 1. The Morgan fingerprint density at radius 3 is 1.89 bits per heavy atom. The predicted molar refractivity (Wildman–Crippen MR) is 154 cm³/mol. The van der Waals surface area contributed by atoms with Crippen molar-refractivity contribution in [2.75, 3.05) is 12.9 Å². The normalized spacial score (nSPS) is 21.1. The van der Waals surface area contributed by atoms with Crippen molar-refractivity contribution in [1.29, 1.82) is 0 Å². The minimum atomic E-state index is -3.56. The molecule has 7 nitrogen and oxygen atoms in total. The molecule has 1 aliphatic rings. The van der Waals surface area contributed by atoms with Gasteiger partial charge in [-0.25, -0.2) is 4.79 Å². The first-order valence-corrected chi connectivity index (χ1v) is 17.0. The molecule has 3 rings (SSSR count). The van der Waals surface area contributed by atoms with E-state index in [0.717, 1.165) is 23.1 Å². The summed E-state index contributed by atoms with van der Waals surface area (Å²) in [7, 11) is -6.42. The Kier molecular flexibility index (Phi) is 9.50. The Labute approximate surface area is 229 Å². The van der Waals surface area contributed by atoms with Gasteiger partial charge in [-0.15, -0.1) is 0 Å². The van der Waals surface area contributed by atoms with Crippen LogP contribution in [0, 0.1) is 5.92 Å². The van der Waals surface area contributed by atoms with E-state index in [4.69, 9.17) is 13.3 Å². The van der Waals surface area contributed by atoms with Crippen molar-refractivity contribution < 1.29 is 26.6 Å². The maximum absolute atomic E-state index is 12.9. The first-order chi connectivity index (χ1) is 17.6. The molecule has 210 valence electrons. The van der Waals surface area contributed by atoms with Crippen LogP contribution in [-0.4, -0.2) is 53.4 Å². The molecule has 0 aromatic heterocycles. The van der Waals surface area contributed by atoms with Crippen molar-refractivity contribution in [3.05, 3.63) is 60.7 Å². The van der Waals surface area contributed by atoms with E-state index in [-0.39, 0.29) is 29.7 Å². The molecule has 38 heavy (non-hydrogen) atoms. The Morgan fingerprint density at radius 1 is 0.921 bits per heavy atom. The molecule has 2 aromatic carbocycles. The van der Waals surface area contributed by atoms with Gasteiger partial charge in [0.15, 0.2) is 0 Å². The van der Waals surface area contributed by atoms with E-state index in [0.29, 0.717) is 12.8 Å². The lowest BCUT2D eigenvalue weighted by Crippen LogP contribution is -2.69. The van der Waals surface area contributed by atoms with E-state index in [1.54, 1.807) is 0 Å². The van der Waals surface area contributed by atoms with Gasteiger partial charge in [0.05, 0.1) is 25.0 Å². The standard InChI is InChI=1S/C29H43NO6SSi/c1-28(2,3)35-27(31)30-25-20-22(21-34-37(7,32)33)18-19-26(25)36-38(29(4,5)6,23-14-10-8-11-15-23)24-16-12-9-13-17-24/h8-17,22,25-26H,18-21H2,1-7H3,(H,30,31)/t22-,25+,26+/m1/s1. The molecule has 0 spiro atoms. The van der Waals surface area contributed by atoms with E-state index >= 15 is 0 Å². The molecule has 0 unspecified atom stereocenters. The molecule has 0 aliphatic heterocycles. The van der Waals surface area contributed by atoms with Crippen LogP contribution < -0.4 is 15.7 Å². The van der Waals surface area contributed by atoms with Crippen LogP contribution in [0.1, 0.15) is 60.8 Å². The van der Waals surface area contributed by atoms with Crippen molar-refractivity contribution in [3.8, 4) is 0 Å². The lowest BCUT2D eigenvalue weighted by Gasteiger charge is -2.48. The lowest BCUT2D eigenvalue weighted by molar-refractivity contribution is 0.0310. The maximum atomic E-state index is 12.9. The molecule has 1 N–H and O–H groups in total. The second-order valence-electron chi connectivity index (χ2n) is 12.2. The van der Waals surface area contributed by atoms with E-state index < -0.39 is 30.1 Å². The summed E-state index contributed by atoms with van der Waals surface area (Å²) in [5.41, 5.74) is -0.647. The lowest BCUT2D eigenvalue weighted by atomic mass is 9.84. The third-order valence-corrected chi connectivity index (χ3v) is 12.5. The van der Waals surface area contributed by atoms with Gasteiger partial charge in [0.2, 0.25) is 0 Å². The number of hydrogen-bond donors (Lipinski definition) is 1. The third-order valence-electron chi connectivity index (χ3n) is 6.86. The molecule has 1 aliphatic carbocycles. The minimum absolute atomic E-state index is 0.0383. The van der Waals surface area contributed by atoms with Gasteiger partial charge in [0.1, 0.15) is 5.60 Å². The van der Waals surface area contributed by atoms with Crippen LogP contribution in [0.25, 0.3) is 0 Å². The summed E-state index contributed by atoms with van der Waals surface area (Å²) in [6.07, 6.45) is 2.17. The fourth-order valence-corrected chi connectivity index (χ4v) is 10.5. The highest BCUT2D eigenvalue weighted by Crippen LogP contribution is 2.40. The average molecular weight is 562 g/mol. The van der Waals surface area contributed by atoms with Crippen LogP contribution >= 0.6 is 0 Å². The van der Waals surface area contributed by atoms with Crippen molar-refractivity contribution >= 4 is 34.9 Å². The topological polar surface area (TPSA) is 90.9 Å². The van der Waals surface area contributed by atoms with E-state index in [2.05, 4.69) is 50.4 Å². The van der Waals surface area contributed by atoms with Crippen LogP contribution in [-0.2, 0) is 23.5 Å². The number of hydrogen-bond acceptors (Lipinski definition) is 6. The van der Waals surface area contributed by atoms with E-state index in [9.17, 15) is 13.2 Å². The summed E-state index contributed by atoms with van der Waals surface area (Å²) in [6, 6.07) is 20.4. The average Bonchev–Trinajstić information content (AvgIpc) is 2.81. The number of carbonyl (C=O) groups is 1. The van der Waals surface area contributed by atoms with Crippen LogP contribution in [0.3, 0.4) is 0 Å². The molecule has 3 atom stereocenters. The fourth-order valence-electron chi connectivity index (χ4n) is 5.27. The summed E-state index contributed by atoms with van der Waals surface area (Å²) < 4.78 is 41.3. The van der Waals surface area contributed by atoms with Crippen molar-refractivity contribution in [2.24, 2.45) is 5.92 Å². The van der Waals surface area contributed by atoms with E-state index in [1.165, 1.54) is 0 Å². The van der Waals surface area contributed by atoms with Crippen LogP contribution in [0.5, 0.6) is 0 Å². The van der Waals surface area contributed by atoms with Gasteiger partial charge < -0.3 is 14.5 Å². The summed E-state index contributed by atoms with van der Waals surface area (Å²) in [5.74, 6) is -0.0383. The molecule has 1 fully saturated rings. The van der Waals surface area contributed by atoms with Crippen molar-refractivity contribution in [3.63, 3.8) is 0 Å². The van der Waals surface area contributed by atoms with Crippen molar-refractivity contribution in [2.45, 2.75) is 83.6 Å². The number of ether oxygens (including phenoxy) is 1. The molecule has 9 heteroatoms. The molecule has 0 radical (unpaired) electrons. The predicted octanol–water partition coefficient (Wildman–Crippen LogP) is 4.60. The van der Waals surface area contributed by atoms with Gasteiger partial charge in [-0.05, 0) is 61.4 Å². The molecule has 0 heterocycles. The van der Waals surface area contributed by atoms with Crippen molar-refractivity contribution in [1.82, 2.24) is 5.32 Å². The second-order valence-corrected chi connectivity index (χ2v) is 18.1. The van der Waals surface area contributed by atoms with Gasteiger partial charge in [0, 0.05) is 0 Å². The Morgan fingerprint density at radius 2 is 1.45 bits per heavy atom. The van der Waals surface area contributed by atoms with Crippen LogP contribution in [0.15, 0.2) is 60.7 Å².